The van der Waals surface area contributed by atoms with Crippen LogP contribution in [-0.2, 0) is 0 Å². The van der Waals surface area contributed by atoms with Crippen molar-refractivity contribution < 1.29 is 9.84 Å². The molecule has 19 heavy (non-hydrogen) atoms. The highest BCUT2D eigenvalue weighted by Crippen LogP contribution is 2.43. The Morgan fingerprint density at radius 2 is 2.05 bits per heavy atom. The number of hydrogen-bond acceptors (Lipinski definition) is 3. The van der Waals surface area contributed by atoms with Crippen LogP contribution in [0.1, 0.15) is 44.3 Å². The van der Waals surface area contributed by atoms with Crippen LogP contribution in [0, 0.1) is 0 Å². The summed E-state index contributed by atoms with van der Waals surface area (Å²) in [6.07, 6.45) is 3.63. The van der Waals surface area contributed by atoms with Crippen LogP contribution in [0.3, 0.4) is 0 Å². The van der Waals surface area contributed by atoms with E-state index in [9.17, 15) is 5.11 Å². The highest BCUT2D eigenvalue weighted by Gasteiger charge is 2.42. The number of ether oxygens (including phenoxy) is 1. The van der Waals surface area contributed by atoms with Gasteiger partial charge >= 0.3 is 0 Å². The second-order valence-electron chi connectivity index (χ2n) is 5.88. The lowest BCUT2D eigenvalue weighted by atomic mass is 9.81. The number of benzene rings is 1. The van der Waals surface area contributed by atoms with E-state index in [1.54, 1.807) is 0 Å². The molecular formula is C16H23NO2. The maximum absolute atomic E-state index is 10.4. The van der Waals surface area contributed by atoms with Crippen molar-refractivity contribution in [2.75, 3.05) is 19.6 Å². The lowest BCUT2D eigenvalue weighted by Gasteiger charge is -2.46. The highest BCUT2D eigenvalue weighted by atomic mass is 16.5. The maximum atomic E-state index is 10.4. The molecule has 3 nitrogen and oxygen atoms in total. The third-order valence-corrected chi connectivity index (χ3v) is 4.48. The molecule has 3 rings (SSSR count). The zero-order chi connectivity index (χ0) is 13.3. The van der Waals surface area contributed by atoms with E-state index in [4.69, 9.17) is 4.74 Å². The van der Waals surface area contributed by atoms with Gasteiger partial charge in [-0.1, -0.05) is 25.1 Å². The fourth-order valence-corrected chi connectivity index (χ4v) is 3.39. The molecule has 0 radical (unpaired) electrons. The van der Waals surface area contributed by atoms with Gasteiger partial charge in [0.2, 0.25) is 0 Å². The van der Waals surface area contributed by atoms with Crippen LogP contribution in [0.25, 0.3) is 0 Å². The minimum Gasteiger partial charge on any atom is -0.487 e. The van der Waals surface area contributed by atoms with Crippen molar-refractivity contribution in [1.82, 2.24) is 4.90 Å². The van der Waals surface area contributed by atoms with Gasteiger partial charge < -0.3 is 14.7 Å². The van der Waals surface area contributed by atoms with Gasteiger partial charge in [0.25, 0.3) is 0 Å². The number of hydrogen-bond donors (Lipinski definition) is 1. The lowest BCUT2D eigenvalue weighted by molar-refractivity contribution is -0.0537. The van der Waals surface area contributed by atoms with Crippen LogP contribution in [0.15, 0.2) is 24.3 Å². The maximum Gasteiger partial charge on any atom is 0.125 e. The third-order valence-electron chi connectivity index (χ3n) is 4.48. The van der Waals surface area contributed by atoms with Gasteiger partial charge in [0.05, 0.1) is 6.10 Å². The van der Waals surface area contributed by atoms with Gasteiger partial charge in [0.1, 0.15) is 11.4 Å². The zero-order valence-electron chi connectivity index (χ0n) is 11.6. The van der Waals surface area contributed by atoms with E-state index in [0.29, 0.717) is 0 Å². The average Bonchev–Trinajstić information content (AvgIpc) is 2.42. The number of nitrogens with zero attached hydrogens (tertiary/aromatic N) is 1. The summed E-state index contributed by atoms with van der Waals surface area (Å²) in [6.45, 7) is 5.57. The molecule has 1 saturated heterocycles. The predicted octanol–water partition coefficient (Wildman–Crippen LogP) is 2.75. The molecule has 0 saturated carbocycles. The Labute approximate surface area is 115 Å². The summed E-state index contributed by atoms with van der Waals surface area (Å²) < 4.78 is 6.27. The zero-order valence-corrected chi connectivity index (χ0v) is 11.6. The minimum atomic E-state index is -0.373. The van der Waals surface area contributed by atoms with Gasteiger partial charge in [-0.05, 0) is 31.9 Å². The van der Waals surface area contributed by atoms with E-state index in [1.807, 2.05) is 24.3 Å². The van der Waals surface area contributed by atoms with Gasteiger partial charge in [-0.2, -0.15) is 0 Å². The summed E-state index contributed by atoms with van der Waals surface area (Å²) in [5, 5.41) is 10.4. The Kier molecular flexibility index (Phi) is 3.50. The summed E-state index contributed by atoms with van der Waals surface area (Å²) in [5.74, 6) is 0.880. The van der Waals surface area contributed by atoms with E-state index in [0.717, 1.165) is 43.7 Å². The number of aliphatic hydroxyl groups excluding tert-OH is 1. The number of para-hydroxylation sites is 1. The summed E-state index contributed by atoms with van der Waals surface area (Å²) in [5.41, 5.74) is 0.807. The van der Waals surface area contributed by atoms with E-state index in [1.165, 1.54) is 13.0 Å². The quantitative estimate of drug-likeness (QED) is 0.888. The first-order valence-electron chi connectivity index (χ1n) is 7.41. The second-order valence-corrected chi connectivity index (χ2v) is 5.88. The number of piperidine rings is 1. The highest BCUT2D eigenvalue weighted by molar-refractivity contribution is 5.38. The Morgan fingerprint density at radius 1 is 1.32 bits per heavy atom. The van der Waals surface area contributed by atoms with Crippen LogP contribution in [-0.4, -0.2) is 35.2 Å². The molecule has 2 aliphatic heterocycles. The molecule has 1 fully saturated rings. The van der Waals surface area contributed by atoms with Gasteiger partial charge in [0.15, 0.2) is 0 Å². The van der Waals surface area contributed by atoms with Gasteiger partial charge in [-0.15, -0.1) is 0 Å². The molecule has 1 aromatic carbocycles. The molecule has 0 unspecified atom stereocenters. The SMILES string of the molecule is CCCN1CCC2(CC1)C[C@@H](O)c1ccccc1O2. The van der Waals surface area contributed by atoms with Crippen molar-refractivity contribution in [3.63, 3.8) is 0 Å². The monoisotopic (exact) mass is 261 g/mol. The smallest absolute Gasteiger partial charge is 0.125 e. The molecule has 2 heterocycles. The summed E-state index contributed by atoms with van der Waals surface area (Å²) >= 11 is 0. The second kappa shape index (κ2) is 5.14. The number of likely N-dealkylation sites (tertiary alicyclic amines) is 1. The summed E-state index contributed by atoms with van der Waals surface area (Å²) in [4.78, 5) is 2.50. The Bertz CT molecular complexity index is 438. The van der Waals surface area contributed by atoms with Crippen LogP contribution in [0.4, 0.5) is 0 Å². The van der Waals surface area contributed by atoms with Crippen molar-refractivity contribution in [2.45, 2.75) is 44.3 Å². The van der Waals surface area contributed by atoms with Crippen LogP contribution >= 0.6 is 0 Å². The first-order valence-corrected chi connectivity index (χ1v) is 7.41. The van der Waals surface area contributed by atoms with Gasteiger partial charge in [-0.25, -0.2) is 0 Å². The fourth-order valence-electron chi connectivity index (χ4n) is 3.39. The number of aliphatic hydroxyl groups is 1. The molecule has 104 valence electrons. The molecule has 1 N–H and O–H groups in total. The van der Waals surface area contributed by atoms with Gasteiger partial charge in [0, 0.05) is 25.1 Å². The van der Waals surface area contributed by atoms with Crippen molar-refractivity contribution >= 4 is 0 Å². The van der Waals surface area contributed by atoms with E-state index in [2.05, 4.69) is 11.8 Å². The normalized spacial score (nSPS) is 25.9. The van der Waals surface area contributed by atoms with Crippen molar-refractivity contribution in [2.24, 2.45) is 0 Å². The van der Waals surface area contributed by atoms with E-state index < -0.39 is 0 Å². The largest absolute Gasteiger partial charge is 0.487 e. The van der Waals surface area contributed by atoms with Crippen molar-refractivity contribution in [1.29, 1.82) is 0 Å². The molecule has 0 bridgehead atoms. The number of rotatable bonds is 2. The molecule has 1 atom stereocenters. The van der Waals surface area contributed by atoms with Crippen molar-refractivity contribution in [3.05, 3.63) is 29.8 Å². The molecule has 3 heteroatoms. The molecule has 1 aromatic rings. The molecular weight excluding hydrogens is 238 g/mol. The standard InChI is InChI=1S/C16H23NO2/c1-2-9-17-10-7-16(8-11-17)12-14(18)13-5-3-4-6-15(13)19-16/h3-6,14,18H,2,7-12H2,1H3/t14-/m1/s1. The molecule has 1 spiro atoms. The van der Waals surface area contributed by atoms with Crippen LogP contribution in [0.5, 0.6) is 5.75 Å². The molecule has 0 amide bonds. The third kappa shape index (κ3) is 2.49. The number of fused-ring (bicyclic) bond motifs is 1. The first-order chi connectivity index (χ1) is 9.22. The molecule has 0 aliphatic carbocycles. The first kappa shape index (κ1) is 12.9. The van der Waals surface area contributed by atoms with E-state index in [-0.39, 0.29) is 11.7 Å². The van der Waals surface area contributed by atoms with E-state index >= 15 is 0 Å². The van der Waals surface area contributed by atoms with Crippen molar-refractivity contribution in [3.8, 4) is 5.75 Å². The molecule has 0 aromatic heterocycles. The average molecular weight is 261 g/mol. The topological polar surface area (TPSA) is 32.7 Å². The Morgan fingerprint density at radius 3 is 2.79 bits per heavy atom. The summed E-state index contributed by atoms with van der Waals surface area (Å²) in [6, 6.07) is 7.90. The summed E-state index contributed by atoms with van der Waals surface area (Å²) in [7, 11) is 0. The predicted molar refractivity (Wildman–Crippen MR) is 75.3 cm³/mol. The van der Waals surface area contributed by atoms with Crippen LogP contribution < -0.4 is 4.74 Å². The minimum absolute atomic E-state index is 0.141. The Balaban J connectivity index is 1.74. The van der Waals surface area contributed by atoms with Crippen LogP contribution in [0.2, 0.25) is 0 Å². The van der Waals surface area contributed by atoms with Gasteiger partial charge in [-0.3, -0.25) is 0 Å². The molecule has 2 aliphatic rings. The Hall–Kier alpha value is -1.06. The lowest BCUT2D eigenvalue weighted by Crippen LogP contribution is -2.50. The fraction of sp³-hybridized carbons (Fsp3) is 0.625.